The van der Waals surface area contributed by atoms with Crippen LogP contribution in [0, 0.1) is 11.8 Å². The minimum atomic E-state index is 0.699. The molecule has 0 amide bonds. The lowest BCUT2D eigenvalue weighted by Gasteiger charge is -2.22. The molecule has 1 unspecified atom stereocenters. The fraction of sp³-hybridized carbons (Fsp3) is 1.00. The summed E-state index contributed by atoms with van der Waals surface area (Å²) in [7, 11) is 1.70. The van der Waals surface area contributed by atoms with Gasteiger partial charge in [-0.1, -0.05) is 13.8 Å². The molecule has 1 aliphatic rings. The average Bonchev–Trinajstić information content (AvgIpc) is 3.05. The van der Waals surface area contributed by atoms with Gasteiger partial charge in [0.2, 0.25) is 0 Å². The largest absolute Gasteiger partial charge is 0.382 e. The van der Waals surface area contributed by atoms with Gasteiger partial charge >= 0.3 is 0 Å². The van der Waals surface area contributed by atoms with E-state index in [1.54, 1.807) is 7.11 Å². The van der Waals surface area contributed by atoms with E-state index in [4.69, 9.17) is 9.47 Å². The van der Waals surface area contributed by atoms with Gasteiger partial charge in [0.05, 0.1) is 13.2 Å². The van der Waals surface area contributed by atoms with E-state index >= 15 is 0 Å². The van der Waals surface area contributed by atoms with Gasteiger partial charge in [0, 0.05) is 19.8 Å². The molecule has 1 fully saturated rings. The molecule has 0 spiro atoms. The molecule has 3 nitrogen and oxygen atoms in total. The second-order valence-corrected chi connectivity index (χ2v) is 5.02. The molecule has 1 aliphatic carbocycles. The molecule has 1 N–H and O–H groups in total. The van der Waals surface area contributed by atoms with E-state index in [1.165, 1.54) is 12.8 Å². The first-order valence-electron chi connectivity index (χ1n) is 6.55. The summed E-state index contributed by atoms with van der Waals surface area (Å²) in [6, 6.07) is 0.721. The van der Waals surface area contributed by atoms with Gasteiger partial charge in [-0.25, -0.2) is 0 Å². The molecule has 3 heteroatoms. The van der Waals surface area contributed by atoms with Crippen LogP contribution in [0.15, 0.2) is 0 Å². The van der Waals surface area contributed by atoms with E-state index in [-0.39, 0.29) is 0 Å². The van der Waals surface area contributed by atoms with E-state index < -0.39 is 0 Å². The van der Waals surface area contributed by atoms with E-state index in [1.807, 2.05) is 0 Å². The minimum Gasteiger partial charge on any atom is -0.382 e. The molecule has 1 atom stereocenters. The van der Waals surface area contributed by atoms with Crippen molar-refractivity contribution in [3.63, 3.8) is 0 Å². The summed E-state index contributed by atoms with van der Waals surface area (Å²) in [6.45, 7) is 7.95. The topological polar surface area (TPSA) is 30.5 Å². The predicted molar refractivity (Wildman–Crippen MR) is 66.7 cm³/mol. The van der Waals surface area contributed by atoms with Crippen molar-refractivity contribution in [1.82, 2.24) is 5.32 Å². The zero-order valence-electron chi connectivity index (χ0n) is 11.0. The normalized spacial score (nSPS) is 18.0. The lowest BCUT2D eigenvalue weighted by atomic mass is 9.99. The maximum Gasteiger partial charge on any atom is 0.0700 e. The van der Waals surface area contributed by atoms with Crippen molar-refractivity contribution in [2.75, 3.05) is 33.5 Å². The summed E-state index contributed by atoms with van der Waals surface area (Å²) < 4.78 is 10.3. The highest BCUT2D eigenvalue weighted by molar-refractivity contribution is 4.88. The SMILES string of the molecule is COCCOCCCNC(C(C)C)C1CC1. The molecule has 0 saturated heterocycles. The highest BCUT2D eigenvalue weighted by Crippen LogP contribution is 2.35. The summed E-state index contributed by atoms with van der Waals surface area (Å²) in [4.78, 5) is 0. The Morgan fingerprint density at radius 3 is 2.50 bits per heavy atom. The van der Waals surface area contributed by atoms with E-state index in [2.05, 4.69) is 19.2 Å². The van der Waals surface area contributed by atoms with Gasteiger partial charge in [-0.05, 0) is 37.6 Å². The Morgan fingerprint density at radius 2 is 1.94 bits per heavy atom. The third kappa shape index (κ3) is 5.83. The van der Waals surface area contributed by atoms with E-state index in [0.29, 0.717) is 13.2 Å². The monoisotopic (exact) mass is 229 g/mol. The fourth-order valence-corrected chi connectivity index (χ4v) is 2.09. The molecule has 0 aromatic heterocycles. The number of hydrogen-bond acceptors (Lipinski definition) is 3. The van der Waals surface area contributed by atoms with Gasteiger partial charge in [0.1, 0.15) is 0 Å². The predicted octanol–water partition coefficient (Wildman–Crippen LogP) is 2.06. The van der Waals surface area contributed by atoms with Crippen LogP contribution in [0.1, 0.15) is 33.1 Å². The van der Waals surface area contributed by atoms with Crippen LogP contribution in [0.5, 0.6) is 0 Å². The average molecular weight is 229 g/mol. The number of rotatable bonds is 10. The van der Waals surface area contributed by atoms with Gasteiger partial charge in [0.15, 0.2) is 0 Å². The zero-order valence-corrected chi connectivity index (χ0v) is 11.0. The van der Waals surface area contributed by atoms with Crippen LogP contribution in [0.3, 0.4) is 0 Å². The molecule has 96 valence electrons. The van der Waals surface area contributed by atoms with Crippen molar-refractivity contribution in [3.8, 4) is 0 Å². The van der Waals surface area contributed by atoms with Crippen LogP contribution < -0.4 is 5.32 Å². The van der Waals surface area contributed by atoms with Gasteiger partial charge < -0.3 is 14.8 Å². The summed E-state index contributed by atoms with van der Waals surface area (Å²) >= 11 is 0. The fourth-order valence-electron chi connectivity index (χ4n) is 2.09. The van der Waals surface area contributed by atoms with Crippen molar-refractivity contribution in [2.45, 2.75) is 39.2 Å². The number of ether oxygens (including phenoxy) is 2. The number of methoxy groups -OCH3 is 1. The highest BCUT2D eigenvalue weighted by atomic mass is 16.5. The Morgan fingerprint density at radius 1 is 1.19 bits per heavy atom. The second kappa shape index (κ2) is 8.04. The summed E-state index contributed by atoms with van der Waals surface area (Å²) in [5.74, 6) is 1.69. The summed E-state index contributed by atoms with van der Waals surface area (Å²) in [5, 5.41) is 3.66. The molecule has 1 saturated carbocycles. The summed E-state index contributed by atoms with van der Waals surface area (Å²) in [6.07, 6.45) is 3.93. The first-order valence-corrected chi connectivity index (χ1v) is 6.55. The van der Waals surface area contributed by atoms with Crippen LogP contribution in [-0.4, -0.2) is 39.5 Å². The third-order valence-electron chi connectivity index (χ3n) is 3.13. The van der Waals surface area contributed by atoms with E-state index in [9.17, 15) is 0 Å². The molecule has 0 heterocycles. The molecule has 1 rings (SSSR count). The first kappa shape index (κ1) is 13.9. The third-order valence-corrected chi connectivity index (χ3v) is 3.13. The maximum atomic E-state index is 5.43. The van der Waals surface area contributed by atoms with Crippen LogP contribution >= 0.6 is 0 Å². The smallest absolute Gasteiger partial charge is 0.0700 e. The summed E-state index contributed by atoms with van der Waals surface area (Å²) in [5.41, 5.74) is 0. The van der Waals surface area contributed by atoms with Crippen molar-refractivity contribution >= 4 is 0 Å². The van der Waals surface area contributed by atoms with Gasteiger partial charge in [0.25, 0.3) is 0 Å². The molecule has 0 radical (unpaired) electrons. The Kier molecular flexibility index (Phi) is 7.01. The standard InChI is InChI=1S/C13H27NO2/c1-11(2)13(12-5-6-12)14-7-4-8-16-10-9-15-3/h11-14H,4-10H2,1-3H3. The second-order valence-electron chi connectivity index (χ2n) is 5.02. The lowest BCUT2D eigenvalue weighted by molar-refractivity contribution is 0.0690. The Hall–Kier alpha value is -0.120. The lowest BCUT2D eigenvalue weighted by Crippen LogP contribution is -2.36. The molecule has 16 heavy (non-hydrogen) atoms. The Labute approximate surface area is 99.9 Å². The number of nitrogens with one attached hydrogen (secondary N) is 1. The molecular formula is C13H27NO2. The molecular weight excluding hydrogens is 202 g/mol. The van der Waals surface area contributed by atoms with Gasteiger partial charge in [-0.15, -0.1) is 0 Å². The van der Waals surface area contributed by atoms with E-state index in [0.717, 1.165) is 37.5 Å². The Balaban J connectivity index is 1.92. The van der Waals surface area contributed by atoms with Crippen molar-refractivity contribution in [2.24, 2.45) is 11.8 Å². The van der Waals surface area contributed by atoms with Crippen LogP contribution in [0.4, 0.5) is 0 Å². The first-order chi connectivity index (χ1) is 7.75. The molecule has 0 aromatic carbocycles. The molecule has 0 bridgehead atoms. The van der Waals surface area contributed by atoms with Gasteiger partial charge in [-0.3, -0.25) is 0 Å². The maximum absolute atomic E-state index is 5.43. The Bertz CT molecular complexity index is 167. The highest BCUT2D eigenvalue weighted by Gasteiger charge is 2.32. The van der Waals surface area contributed by atoms with Crippen LogP contribution in [-0.2, 0) is 9.47 Å². The number of hydrogen-bond donors (Lipinski definition) is 1. The molecule has 0 aromatic rings. The van der Waals surface area contributed by atoms with Gasteiger partial charge in [-0.2, -0.15) is 0 Å². The quantitative estimate of drug-likeness (QED) is 0.582. The molecule has 0 aliphatic heterocycles. The van der Waals surface area contributed by atoms with Crippen molar-refractivity contribution in [3.05, 3.63) is 0 Å². The van der Waals surface area contributed by atoms with Crippen LogP contribution in [0.2, 0.25) is 0 Å². The van der Waals surface area contributed by atoms with Crippen molar-refractivity contribution < 1.29 is 9.47 Å². The zero-order chi connectivity index (χ0) is 11.8. The van der Waals surface area contributed by atoms with Crippen LogP contribution in [0.25, 0.3) is 0 Å². The minimum absolute atomic E-state index is 0.699. The van der Waals surface area contributed by atoms with Crippen molar-refractivity contribution in [1.29, 1.82) is 0 Å².